The lowest BCUT2D eigenvalue weighted by molar-refractivity contribution is 0.333. The van der Waals surface area contributed by atoms with Crippen LogP contribution in [0.15, 0.2) is 42.5 Å². The number of ether oxygens (including phenoxy) is 1. The highest BCUT2D eigenvalue weighted by Crippen LogP contribution is 2.31. The second-order valence-electron chi connectivity index (χ2n) is 4.97. The van der Waals surface area contributed by atoms with Crippen LogP contribution in [0, 0.1) is 6.92 Å². The van der Waals surface area contributed by atoms with Crippen molar-refractivity contribution in [3.8, 4) is 5.75 Å². The maximum atomic E-state index is 6.14. The molecule has 0 aliphatic rings. The fraction of sp³-hybridized carbons (Fsp3) is 0.333. The second kappa shape index (κ2) is 7.48. The van der Waals surface area contributed by atoms with Gasteiger partial charge in [0, 0.05) is 10.6 Å². The molecule has 0 bridgehead atoms. The zero-order chi connectivity index (χ0) is 15.2. The number of hydrogen-bond acceptors (Lipinski definition) is 2. The fourth-order valence-electron chi connectivity index (χ4n) is 2.46. The van der Waals surface area contributed by atoms with Gasteiger partial charge in [0.1, 0.15) is 5.75 Å². The molecule has 0 aromatic heterocycles. The van der Waals surface area contributed by atoms with Crippen LogP contribution in [-0.2, 0) is 0 Å². The van der Waals surface area contributed by atoms with Gasteiger partial charge in [0.2, 0.25) is 0 Å². The Morgan fingerprint density at radius 2 is 1.90 bits per heavy atom. The first-order valence-corrected chi connectivity index (χ1v) is 7.76. The van der Waals surface area contributed by atoms with Crippen LogP contribution in [0.25, 0.3) is 0 Å². The molecule has 2 aromatic carbocycles. The smallest absolute Gasteiger partial charge is 0.124 e. The number of halogens is 1. The highest BCUT2D eigenvalue weighted by atomic mass is 35.5. The standard InChI is InChI=1S/C18H22ClNO/c1-4-20-18(14-10-11-16(19)13(3)12-14)15-8-6-7-9-17(15)21-5-2/h6-12,18,20H,4-5H2,1-3H3. The second-order valence-corrected chi connectivity index (χ2v) is 5.38. The molecule has 0 amide bonds. The first-order chi connectivity index (χ1) is 10.2. The van der Waals surface area contributed by atoms with Gasteiger partial charge in [0.15, 0.2) is 0 Å². The molecule has 0 saturated heterocycles. The van der Waals surface area contributed by atoms with Gasteiger partial charge in [-0.2, -0.15) is 0 Å². The van der Waals surface area contributed by atoms with E-state index in [2.05, 4.69) is 30.4 Å². The summed E-state index contributed by atoms with van der Waals surface area (Å²) in [6.45, 7) is 7.69. The summed E-state index contributed by atoms with van der Waals surface area (Å²) in [7, 11) is 0. The van der Waals surface area contributed by atoms with Crippen LogP contribution in [0.3, 0.4) is 0 Å². The molecule has 0 spiro atoms. The molecular formula is C18H22ClNO. The number of benzene rings is 2. The normalized spacial score (nSPS) is 12.2. The summed E-state index contributed by atoms with van der Waals surface area (Å²) in [6.07, 6.45) is 0. The summed E-state index contributed by atoms with van der Waals surface area (Å²) in [5.41, 5.74) is 3.44. The lowest BCUT2D eigenvalue weighted by atomic mass is 9.96. The van der Waals surface area contributed by atoms with Crippen LogP contribution in [0.4, 0.5) is 0 Å². The largest absolute Gasteiger partial charge is 0.494 e. The maximum Gasteiger partial charge on any atom is 0.124 e. The molecule has 0 aliphatic carbocycles. The Kier molecular flexibility index (Phi) is 5.66. The Balaban J connectivity index is 2.45. The molecule has 2 nitrogen and oxygen atoms in total. The van der Waals surface area contributed by atoms with E-state index in [9.17, 15) is 0 Å². The van der Waals surface area contributed by atoms with Crippen molar-refractivity contribution in [1.82, 2.24) is 5.32 Å². The van der Waals surface area contributed by atoms with Crippen LogP contribution < -0.4 is 10.1 Å². The molecule has 2 aromatic rings. The van der Waals surface area contributed by atoms with E-state index in [1.807, 2.05) is 38.1 Å². The van der Waals surface area contributed by atoms with E-state index < -0.39 is 0 Å². The summed E-state index contributed by atoms with van der Waals surface area (Å²) in [6, 6.07) is 14.5. The molecule has 112 valence electrons. The zero-order valence-electron chi connectivity index (χ0n) is 12.8. The number of nitrogens with one attached hydrogen (secondary N) is 1. The topological polar surface area (TPSA) is 21.3 Å². The summed E-state index contributed by atoms with van der Waals surface area (Å²) in [5.74, 6) is 0.929. The van der Waals surface area contributed by atoms with Gasteiger partial charge in [-0.3, -0.25) is 0 Å². The first-order valence-electron chi connectivity index (χ1n) is 7.38. The Morgan fingerprint density at radius 1 is 1.14 bits per heavy atom. The van der Waals surface area contributed by atoms with Crippen LogP contribution in [0.2, 0.25) is 5.02 Å². The predicted octanol–water partition coefficient (Wildman–Crippen LogP) is 4.75. The van der Waals surface area contributed by atoms with E-state index in [1.165, 1.54) is 5.56 Å². The van der Waals surface area contributed by atoms with Crippen LogP contribution in [-0.4, -0.2) is 13.2 Å². The molecule has 0 aliphatic heterocycles. The summed E-state index contributed by atoms with van der Waals surface area (Å²) < 4.78 is 5.77. The van der Waals surface area contributed by atoms with Crippen molar-refractivity contribution in [1.29, 1.82) is 0 Å². The van der Waals surface area contributed by atoms with E-state index in [-0.39, 0.29) is 6.04 Å². The maximum absolute atomic E-state index is 6.14. The minimum absolute atomic E-state index is 0.105. The Morgan fingerprint density at radius 3 is 2.57 bits per heavy atom. The minimum atomic E-state index is 0.105. The highest BCUT2D eigenvalue weighted by molar-refractivity contribution is 6.31. The molecule has 0 heterocycles. The number of para-hydroxylation sites is 1. The lowest BCUT2D eigenvalue weighted by Crippen LogP contribution is -2.22. The summed E-state index contributed by atoms with van der Waals surface area (Å²) >= 11 is 6.14. The van der Waals surface area contributed by atoms with Gasteiger partial charge in [-0.05, 0) is 43.7 Å². The quantitative estimate of drug-likeness (QED) is 0.832. The molecule has 0 radical (unpaired) electrons. The van der Waals surface area contributed by atoms with E-state index in [1.54, 1.807) is 0 Å². The summed E-state index contributed by atoms with van der Waals surface area (Å²) in [4.78, 5) is 0. The third-order valence-corrected chi connectivity index (χ3v) is 3.88. The average Bonchev–Trinajstić information content (AvgIpc) is 2.49. The van der Waals surface area contributed by atoms with Crippen molar-refractivity contribution >= 4 is 11.6 Å². The van der Waals surface area contributed by atoms with Gasteiger partial charge in [0.05, 0.1) is 12.6 Å². The number of aryl methyl sites for hydroxylation is 1. The number of hydrogen-bond donors (Lipinski definition) is 1. The molecule has 3 heteroatoms. The number of rotatable bonds is 6. The fourth-order valence-corrected chi connectivity index (χ4v) is 2.58. The zero-order valence-corrected chi connectivity index (χ0v) is 13.6. The SMILES string of the molecule is CCNC(c1ccc(Cl)c(C)c1)c1ccccc1OCC. The Labute approximate surface area is 132 Å². The monoisotopic (exact) mass is 303 g/mol. The first kappa shape index (κ1) is 15.9. The van der Waals surface area contributed by atoms with E-state index in [4.69, 9.17) is 16.3 Å². The minimum Gasteiger partial charge on any atom is -0.494 e. The van der Waals surface area contributed by atoms with E-state index >= 15 is 0 Å². The van der Waals surface area contributed by atoms with Gasteiger partial charge in [-0.25, -0.2) is 0 Å². The van der Waals surface area contributed by atoms with Gasteiger partial charge in [-0.15, -0.1) is 0 Å². The van der Waals surface area contributed by atoms with Crippen molar-refractivity contribution in [2.45, 2.75) is 26.8 Å². The van der Waals surface area contributed by atoms with Gasteiger partial charge in [-0.1, -0.05) is 48.9 Å². The summed E-state index contributed by atoms with van der Waals surface area (Å²) in [5, 5.41) is 4.34. The van der Waals surface area contributed by atoms with Crippen LogP contribution in [0.5, 0.6) is 5.75 Å². The van der Waals surface area contributed by atoms with E-state index in [0.717, 1.165) is 28.4 Å². The van der Waals surface area contributed by atoms with Crippen molar-refractivity contribution in [2.24, 2.45) is 0 Å². The third-order valence-electron chi connectivity index (χ3n) is 3.45. The van der Waals surface area contributed by atoms with Crippen LogP contribution in [0.1, 0.15) is 36.6 Å². The molecule has 0 saturated carbocycles. The third kappa shape index (κ3) is 3.78. The highest BCUT2D eigenvalue weighted by Gasteiger charge is 2.17. The molecular weight excluding hydrogens is 282 g/mol. The van der Waals surface area contributed by atoms with Crippen molar-refractivity contribution in [2.75, 3.05) is 13.2 Å². The lowest BCUT2D eigenvalue weighted by Gasteiger charge is -2.22. The Bertz CT molecular complexity index is 598. The molecule has 1 unspecified atom stereocenters. The van der Waals surface area contributed by atoms with Gasteiger partial charge >= 0.3 is 0 Å². The molecule has 21 heavy (non-hydrogen) atoms. The van der Waals surface area contributed by atoms with Crippen molar-refractivity contribution < 1.29 is 4.74 Å². The van der Waals surface area contributed by atoms with Gasteiger partial charge in [0.25, 0.3) is 0 Å². The van der Waals surface area contributed by atoms with E-state index in [0.29, 0.717) is 6.61 Å². The molecule has 1 atom stereocenters. The molecule has 2 rings (SSSR count). The average molecular weight is 304 g/mol. The molecule has 1 N–H and O–H groups in total. The van der Waals surface area contributed by atoms with Crippen molar-refractivity contribution in [3.05, 3.63) is 64.2 Å². The van der Waals surface area contributed by atoms with Gasteiger partial charge < -0.3 is 10.1 Å². The molecule has 0 fully saturated rings. The van der Waals surface area contributed by atoms with Crippen molar-refractivity contribution in [3.63, 3.8) is 0 Å². The Hall–Kier alpha value is -1.51. The predicted molar refractivity (Wildman–Crippen MR) is 89.3 cm³/mol. The van der Waals surface area contributed by atoms with Crippen LogP contribution >= 0.6 is 11.6 Å².